The van der Waals surface area contributed by atoms with Gasteiger partial charge in [0.05, 0.1) is 11.8 Å². The highest BCUT2D eigenvalue weighted by Crippen LogP contribution is 2.23. The molecule has 80 valence electrons. The van der Waals surface area contributed by atoms with Crippen LogP contribution in [0.25, 0.3) is 0 Å². The van der Waals surface area contributed by atoms with Gasteiger partial charge in [0.15, 0.2) is 0 Å². The number of aryl methyl sites for hydroxylation is 2. The van der Waals surface area contributed by atoms with Crippen molar-refractivity contribution in [1.29, 1.82) is 0 Å². The van der Waals surface area contributed by atoms with Gasteiger partial charge in [-0.2, -0.15) is 5.10 Å². The van der Waals surface area contributed by atoms with Crippen molar-refractivity contribution in [3.05, 3.63) is 16.4 Å². The summed E-state index contributed by atoms with van der Waals surface area (Å²) in [5.41, 5.74) is 1.99. The quantitative estimate of drug-likeness (QED) is 0.839. The maximum Gasteiger partial charge on any atom is 0.130 e. The van der Waals surface area contributed by atoms with Crippen molar-refractivity contribution < 1.29 is 5.11 Å². The molecular weight excluding hydrogens is 200 g/mol. The van der Waals surface area contributed by atoms with E-state index in [0.29, 0.717) is 5.15 Å². The molecule has 14 heavy (non-hydrogen) atoms. The predicted molar refractivity (Wildman–Crippen MR) is 57.5 cm³/mol. The van der Waals surface area contributed by atoms with Crippen LogP contribution in [0, 0.1) is 12.8 Å². The molecule has 2 unspecified atom stereocenters. The molecule has 0 aliphatic heterocycles. The zero-order valence-corrected chi connectivity index (χ0v) is 9.84. The van der Waals surface area contributed by atoms with E-state index in [-0.39, 0.29) is 12.0 Å². The minimum Gasteiger partial charge on any atom is -0.393 e. The van der Waals surface area contributed by atoms with Gasteiger partial charge in [-0.05, 0) is 26.2 Å². The molecule has 1 N–H and O–H groups in total. The fraction of sp³-hybridized carbons (Fsp3) is 0.700. The van der Waals surface area contributed by atoms with E-state index >= 15 is 0 Å². The van der Waals surface area contributed by atoms with Gasteiger partial charge in [-0.15, -0.1) is 0 Å². The second-order valence-electron chi connectivity index (χ2n) is 3.90. The zero-order chi connectivity index (χ0) is 10.9. The number of hydrogen-bond acceptors (Lipinski definition) is 2. The molecule has 3 nitrogen and oxygen atoms in total. The smallest absolute Gasteiger partial charge is 0.130 e. The van der Waals surface area contributed by atoms with Gasteiger partial charge in [-0.3, -0.25) is 4.68 Å². The average molecular weight is 217 g/mol. The minimum absolute atomic E-state index is 0.204. The van der Waals surface area contributed by atoms with Crippen LogP contribution in [0.4, 0.5) is 0 Å². The summed E-state index contributed by atoms with van der Waals surface area (Å²) in [4.78, 5) is 0. The second kappa shape index (κ2) is 4.32. The molecule has 0 saturated carbocycles. The molecule has 0 spiro atoms. The fourth-order valence-corrected chi connectivity index (χ4v) is 1.65. The van der Waals surface area contributed by atoms with Crippen LogP contribution in [0.5, 0.6) is 0 Å². The Hall–Kier alpha value is -0.540. The lowest BCUT2D eigenvalue weighted by Crippen LogP contribution is -2.15. The molecule has 1 heterocycles. The lowest BCUT2D eigenvalue weighted by molar-refractivity contribution is 0.135. The van der Waals surface area contributed by atoms with E-state index in [1.165, 1.54) is 0 Å². The number of aliphatic hydroxyl groups excluding tert-OH is 1. The first kappa shape index (κ1) is 11.5. The summed E-state index contributed by atoms with van der Waals surface area (Å²) < 4.78 is 1.67. The number of halogens is 1. The highest BCUT2D eigenvalue weighted by Gasteiger charge is 2.16. The maximum atomic E-state index is 9.40. The highest BCUT2D eigenvalue weighted by atomic mass is 35.5. The Morgan fingerprint density at radius 2 is 2.07 bits per heavy atom. The Labute approximate surface area is 89.7 Å². The van der Waals surface area contributed by atoms with Crippen molar-refractivity contribution in [3.63, 3.8) is 0 Å². The van der Waals surface area contributed by atoms with Crippen molar-refractivity contribution in [2.75, 3.05) is 0 Å². The van der Waals surface area contributed by atoms with Crippen LogP contribution in [0.1, 0.15) is 25.1 Å². The maximum absolute atomic E-state index is 9.40. The SMILES string of the molecule is Cc1nn(C)c(Cl)c1CC(C)C(C)O. The first-order valence-electron chi connectivity index (χ1n) is 4.79. The first-order chi connectivity index (χ1) is 6.43. The van der Waals surface area contributed by atoms with Crippen molar-refractivity contribution in [2.45, 2.75) is 33.3 Å². The van der Waals surface area contributed by atoms with E-state index in [4.69, 9.17) is 11.6 Å². The Balaban J connectivity index is 2.86. The molecule has 1 aromatic heterocycles. The van der Waals surface area contributed by atoms with Gasteiger partial charge in [0, 0.05) is 12.6 Å². The molecule has 0 saturated heterocycles. The van der Waals surface area contributed by atoms with E-state index < -0.39 is 0 Å². The van der Waals surface area contributed by atoms with Gasteiger partial charge in [0.25, 0.3) is 0 Å². The summed E-state index contributed by atoms with van der Waals surface area (Å²) >= 11 is 6.08. The van der Waals surface area contributed by atoms with Crippen molar-refractivity contribution in [2.24, 2.45) is 13.0 Å². The van der Waals surface area contributed by atoms with Crippen LogP contribution in [0.3, 0.4) is 0 Å². The molecule has 0 fully saturated rings. The Morgan fingerprint density at radius 1 is 1.50 bits per heavy atom. The largest absolute Gasteiger partial charge is 0.393 e. The Kier molecular flexibility index (Phi) is 3.56. The van der Waals surface area contributed by atoms with Crippen molar-refractivity contribution in [1.82, 2.24) is 9.78 Å². The van der Waals surface area contributed by atoms with Crippen LogP contribution < -0.4 is 0 Å². The normalized spacial score (nSPS) is 15.6. The van der Waals surface area contributed by atoms with E-state index in [1.54, 1.807) is 11.6 Å². The monoisotopic (exact) mass is 216 g/mol. The predicted octanol–water partition coefficient (Wildman–Crippen LogP) is 1.94. The molecule has 0 aromatic carbocycles. The third-order valence-corrected chi connectivity index (χ3v) is 3.09. The van der Waals surface area contributed by atoms with Crippen LogP contribution in [-0.2, 0) is 13.5 Å². The van der Waals surface area contributed by atoms with Crippen LogP contribution >= 0.6 is 11.6 Å². The standard InChI is InChI=1S/C10H17ClN2O/c1-6(8(3)14)5-9-7(2)12-13(4)10(9)11/h6,8,14H,5H2,1-4H3. The van der Waals surface area contributed by atoms with Crippen molar-refractivity contribution >= 4 is 11.6 Å². The van der Waals surface area contributed by atoms with Crippen LogP contribution in [0.2, 0.25) is 5.15 Å². The van der Waals surface area contributed by atoms with E-state index in [9.17, 15) is 5.11 Å². The van der Waals surface area contributed by atoms with Gasteiger partial charge in [-0.25, -0.2) is 0 Å². The molecule has 0 aliphatic rings. The van der Waals surface area contributed by atoms with E-state index in [2.05, 4.69) is 5.10 Å². The average Bonchev–Trinajstić information content (AvgIpc) is 2.32. The number of aromatic nitrogens is 2. The Bertz CT molecular complexity index is 320. The summed E-state index contributed by atoms with van der Waals surface area (Å²) in [5, 5.41) is 14.3. The topological polar surface area (TPSA) is 38.0 Å². The molecule has 0 radical (unpaired) electrons. The summed E-state index contributed by atoms with van der Waals surface area (Å²) in [6, 6.07) is 0. The van der Waals surface area contributed by atoms with Gasteiger partial charge >= 0.3 is 0 Å². The first-order valence-corrected chi connectivity index (χ1v) is 5.17. The van der Waals surface area contributed by atoms with Crippen LogP contribution in [-0.4, -0.2) is 21.0 Å². The molecule has 0 amide bonds. The van der Waals surface area contributed by atoms with E-state index in [1.807, 2.05) is 20.9 Å². The summed E-state index contributed by atoms with van der Waals surface area (Å²) in [6.07, 6.45) is 0.460. The lowest BCUT2D eigenvalue weighted by atomic mass is 9.97. The van der Waals surface area contributed by atoms with E-state index in [0.717, 1.165) is 17.7 Å². The minimum atomic E-state index is -0.314. The summed E-state index contributed by atoms with van der Waals surface area (Å²) in [5.74, 6) is 0.204. The molecular formula is C10H17ClN2O. The fourth-order valence-electron chi connectivity index (χ4n) is 1.40. The second-order valence-corrected chi connectivity index (χ2v) is 4.26. The molecule has 1 rings (SSSR count). The van der Waals surface area contributed by atoms with Gasteiger partial charge < -0.3 is 5.11 Å². The number of hydrogen-bond donors (Lipinski definition) is 1. The molecule has 4 heteroatoms. The lowest BCUT2D eigenvalue weighted by Gasteiger charge is -2.13. The summed E-state index contributed by atoms with van der Waals surface area (Å²) in [6.45, 7) is 5.74. The number of nitrogens with zero attached hydrogens (tertiary/aromatic N) is 2. The molecule has 0 bridgehead atoms. The molecule has 1 aromatic rings. The summed E-state index contributed by atoms with van der Waals surface area (Å²) in [7, 11) is 1.83. The van der Waals surface area contributed by atoms with Gasteiger partial charge in [-0.1, -0.05) is 18.5 Å². The highest BCUT2D eigenvalue weighted by molar-refractivity contribution is 6.30. The van der Waals surface area contributed by atoms with Crippen LogP contribution in [0.15, 0.2) is 0 Å². The van der Waals surface area contributed by atoms with Gasteiger partial charge in [0.1, 0.15) is 5.15 Å². The third-order valence-electron chi connectivity index (χ3n) is 2.62. The zero-order valence-electron chi connectivity index (χ0n) is 9.08. The Morgan fingerprint density at radius 3 is 2.43 bits per heavy atom. The molecule has 2 atom stereocenters. The number of aliphatic hydroxyl groups is 1. The third kappa shape index (κ3) is 2.28. The number of rotatable bonds is 3. The molecule has 0 aliphatic carbocycles. The van der Waals surface area contributed by atoms with Gasteiger partial charge in [0.2, 0.25) is 0 Å². The van der Waals surface area contributed by atoms with Crippen molar-refractivity contribution in [3.8, 4) is 0 Å².